The molecule has 0 bridgehead atoms. The second-order valence-corrected chi connectivity index (χ2v) is 4.63. The number of fused-ring (bicyclic) bond motifs is 1. The van der Waals surface area contributed by atoms with Gasteiger partial charge in [-0.2, -0.15) is 0 Å². The largest absolute Gasteiger partial charge is 0.507 e. The van der Waals surface area contributed by atoms with Crippen LogP contribution in [0.3, 0.4) is 0 Å². The molecule has 0 aliphatic heterocycles. The van der Waals surface area contributed by atoms with Crippen molar-refractivity contribution in [2.24, 2.45) is 0 Å². The minimum Gasteiger partial charge on any atom is -0.507 e. The fourth-order valence-electron chi connectivity index (χ4n) is 2.37. The first kappa shape index (κ1) is 12.8. The minimum absolute atomic E-state index is 0.0164. The van der Waals surface area contributed by atoms with Gasteiger partial charge in [0.25, 0.3) is 0 Å². The summed E-state index contributed by atoms with van der Waals surface area (Å²) in [5, 5.41) is 19.4. The van der Waals surface area contributed by atoms with E-state index >= 15 is 0 Å². The Balaban J connectivity index is 2.25. The van der Waals surface area contributed by atoms with Gasteiger partial charge in [0.1, 0.15) is 11.3 Å². The topological polar surface area (TPSA) is 65.4 Å². The molecule has 4 heteroatoms. The van der Waals surface area contributed by atoms with Crippen molar-refractivity contribution in [2.45, 2.75) is 0 Å². The van der Waals surface area contributed by atoms with Crippen molar-refractivity contribution >= 4 is 17.2 Å². The third-order valence-electron chi connectivity index (χ3n) is 3.38. The van der Waals surface area contributed by atoms with Crippen LogP contribution in [0.15, 0.2) is 66.2 Å². The van der Waals surface area contributed by atoms with Gasteiger partial charge < -0.3 is 5.11 Å². The Hall–Kier alpha value is -3.19. The minimum atomic E-state index is -0.278. The fraction of sp³-hybridized carbons (Fsp3) is 0. The summed E-state index contributed by atoms with van der Waals surface area (Å²) in [5.74, 6) is -0.294. The summed E-state index contributed by atoms with van der Waals surface area (Å²) in [6, 6.07) is 15.7. The SMILES string of the molecule is N#[N+]/C(=C1/C=C(O)c2ccccc2C1=O)c1ccccc1. The highest BCUT2D eigenvalue weighted by Gasteiger charge is 2.31. The van der Waals surface area contributed by atoms with Crippen LogP contribution in [-0.4, -0.2) is 10.9 Å². The fourth-order valence-corrected chi connectivity index (χ4v) is 2.37. The monoisotopic (exact) mass is 275 g/mol. The molecule has 0 radical (unpaired) electrons. The van der Waals surface area contributed by atoms with Crippen LogP contribution in [0.2, 0.25) is 0 Å². The molecule has 3 rings (SSSR count). The molecule has 0 unspecified atom stereocenters. The van der Waals surface area contributed by atoms with Crippen LogP contribution in [0.5, 0.6) is 0 Å². The number of hydrogen-bond donors (Lipinski definition) is 1. The summed E-state index contributed by atoms with van der Waals surface area (Å²) in [6.07, 6.45) is 1.34. The number of diazo groups is 1. The standard InChI is InChI=1S/C17H10N2O2/c18-19-16(11-6-2-1-3-7-11)14-10-15(20)12-8-4-5-9-13(12)17(14)21/h1-10H/p+1/b16-14-. The zero-order valence-electron chi connectivity index (χ0n) is 11.0. The summed E-state index contributed by atoms with van der Waals surface area (Å²) in [6.45, 7) is 0. The third kappa shape index (κ3) is 2.11. The molecule has 0 amide bonds. The number of Topliss-reactive ketones (excluding diaryl/α,β-unsaturated/α-hetero) is 1. The molecule has 2 aromatic carbocycles. The Morgan fingerprint density at radius 3 is 2.24 bits per heavy atom. The predicted octanol–water partition coefficient (Wildman–Crippen LogP) is 4.05. The van der Waals surface area contributed by atoms with E-state index in [0.29, 0.717) is 16.7 Å². The van der Waals surface area contributed by atoms with Crippen LogP contribution in [0.1, 0.15) is 21.5 Å². The van der Waals surface area contributed by atoms with Gasteiger partial charge in [-0.05, 0) is 18.2 Å². The van der Waals surface area contributed by atoms with Crippen molar-refractivity contribution in [1.29, 1.82) is 5.39 Å². The quantitative estimate of drug-likeness (QED) is 0.630. The summed E-state index contributed by atoms with van der Waals surface area (Å²) >= 11 is 0. The highest BCUT2D eigenvalue weighted by atomic mass is 16.3. The number of allylic oxidation sites excluding steroid dienone is 2. The lowest BCUT2D eigenvalue weighted by molar-refractivity contribution is 0.103. The van der Waals surface area contributed by atoms with Crippen LogP contribution in [0, 0.1) is 5.39 Å². The lowest BCUT2D eigenvalue weighted by Gasteiger charge is -2.13. The van der Waals surface area contributed by atoms with Crippen LogP contribution in [0.4, 0.5) is 0 Å². The maximum atomic E-state index is 12.6. The van der Waals surface area contributed by atoms with Gasteiger partial charge in [-0.15, -0.1) is 0 Å². The molecule has 0 saturated heterocycles. The van der Waals surface area contributed by atoms with E-state index in [1.54, 1.807) is 48.5 Å². The van der Waals surface area contributed by atoms with Gasteiger partial charge in [0, 0.05) is 11.1 Å². The van der Waals surface area contributed by atoms with Crippen LogP contribution in [-0.2, 0) is 0 Å². The molecule has 4 nitrogen and oxygen atoms in total. The lowest BCUT2D eigenvalue weighted by Crippen LogP contribution is -2.12. The van der Waals surface area contributed by atoms with E-state index in [-0.39, 0.29) is 22.8 Å². The highest BCUT2D eigenvalue weighted by Crippen LogP contribution is 2.32. The average Bonchev–Trinajstić information content (AvgIpc) is 2.54. The van der Waals surface area contributed by atoms with E-state index in [2.05, 4.69) is 4.98 Å². The van der Waals surface area contributed by atoms with Crippen LogP contribution >= 0.6 is 0 Å². The summed E-state index contributed by atoms with van der Waals surface area (Å²) < 4.78 is 0. The van der Waals surface area contributed by atoms with Crippen molar-refractivity contribution in [3.63, 3.8) is 0 Å². The van der Waals surface area contributed by atoms with Crippen LogP contribution in [0.25, 0.3) is 16.4 Å². The lowest BCUT2D eigenvalue weighted by atomic mass is 9.89. The van der Waals surface area contributed by atoms with Gasteiger partial charge in [0.05, 0.1) is 5.56 Å². The molecule has 1 aliphatic rings. The molecule has 2 aromatic rings. The molecule has 21 heavy (non-hydrogen) atoms. The number of hydrogen-bond acceptors (Lipinski definition) is 3. The summed E-state index contributed by atoms with van der Waals surface area (Å²) in [5.41, 5.74) is 1.79. The van der Waals surface area contributed by atoms with Crippen molar-refractivity contribution in [3.05, 3.63) is 87.9 Å². The molecule has 1 N–H and O–H groups in total. The van der Waals surface area contributed by atoms with E-state index in [0.717, 1.165) is 0 Å². The van der Waals surface area contributed by atoms with Gasteiger partial charge in [0.2, 0.25) is 11.2 Å². The molecule has 0 atom stereocenters. The zero-order chi connectivity index (χ0) is 14.8. The maximum Gasteiger partial charge on any atom is 0.403 e. The average molecular weight is 275 g/mol. The number of aliphatic hydroxyl groups excluding tert-OH is 1. The Bertz CT molecular complexity index is 827. The second-order valence-electron chi connectivity index (χ2n) is 4.63. The molecule has 1 aliphatic carbocycles. The normalized spacial score (nSPS) is 15.8. The molecule has 0 aromatic heterocycles. The summed E-state index contributed by atoms with van der Waals surface area (Å²) in [4.78, 5) is 15.8. The van der Waals surface area contributed by atoms with Crippen LogP contribution < -0.4 is 0 Å². The first-order valence-corrected chi connectivity index (χ1v) is 6.42. The Morgan fingerprint density at radius 2 is 1.57 bits per heavy atom. The number of carbonyl (C=O) groups is 1. The van der Waals surface area contributed by atoms with Crippen molar-refractivity contribution < 1.29 is 9.90 Å². The van der Waals surface area contributed by atoms with E-state index < -0.39 is 0 Å². The number of ketones is 1. The first-order chi connectivity index (χ1) is 10.2. The Kier molecular flexibility index (Phi) is 3.09. The zero-order valence-corrected chi connectivity index (χ0v) is 11.0. The van der Waals surface area contributed by atoms with E-state index in [4.69, 9.17) is 0 Å². The number of carbonyl (C=O) groups excluding carboxylic acids is 1. The van der Waals surface area contributed by atoms with E-state index in [1.165, 1.54) is 6.08 Å². The molecule has 0 heterocycles. The molecule has 100 valence electrons. The maximum absolute atomic E-state index is 12.6. The third-order valence-corrected chi connectivity index (χ3v) is 3.38. The highest BCUT2D eigenvalue weighted by molar-refractivity contribution is 6.20. The van der Waals surface area contributed by atoms with Gasteiger partial charge >= 0.3 is 5.70 Å². The Labute approximate surface area is 121 Å². The van der Waals surface area contributed by atoms with Gasteiger partial charge in [-0.25, -0.2) is 0 Å². The number of rotatable bonds is 1. The second kappa shape index (κ2) is 5.06. The smallest absolute Gasteiger partial charge is 0.403 e. The molecular weight excluding hydrogens is 264 g/mol. The van der Waals surface area contributed by atoms with Gasteiger partial charge in [0.15, 0.2) is 4.98 Å². The molecule has 0 saturated carbocycles. The van der Waals surface area contributed by atoms with Crippen molar-refractivity contribution in [2.75, 3.05) is 0 Å². The summed E-state index contributed by atoms with van der Waals surface area (Å²) in [7, 11) is 0. The van der Waals surface area contributed by atoms with Crippen molar-refractivity contribution in [3.8, 4) is 0 Å². The van der Waals surface area contributed by atoms with Gasteiger partial charge in [-0.1, -0.05) is 42.5 Å². The molecular formula is C17H11N2O2+. The molecule has 0 spiro atoms. The van der Waals surface area contributed by atoms with Gasteiger partial charge in [-0.3, -0.25) is 4.79 Å². The number of nitrogens with zero attached hydrogens (tertiary/aromatic N) is 2. The number of benzene rings is 2. The Morgan fingerprint density at radius 1 is 0.952 bits per heavy atom. The molecule has 0 fully saturated rings. The number of aliphatic hydroxyl groups is 1. The van der Waals surface area contributed by atoms with E-state index in [1.807, 2.05) is 6.07 Å². The van der Waals surface area contributed by atoms with Crippen molar-refractivity contribution in [1.82, 2.24) is 0 Å². The van der Waals surface area contributed by atoms with E-state index in [9.17, 15) is 15.3 Å². The first-order valence-electron chi connectivity index (χ1n) is 6.42. The predicted molar refractivity (Wildman–Crippen MR) is 79.8 cm³/mol.